The van der Waals surface area contributed by atoms with Crippen LogP contribution in [0.25, 0.3) is 0 Å². The van der Waals surface area contributed by atoms with E-state index < -0.39 is 0 Å². The molecule has 0 saturated carbocycles. The van der Waals surface area contributed by atoms with Gasteiger partial charge in [0.1, 0.15) is 5.82 Å². The van der Waals surface area contributed by atoms with Crippen LogP contribution in [-0.4, -0.2) is 19.7 Å². The first kappa shape index (κ1) is 11.6. The van der Waals surface area contributed by atoms with Gasteiger partial charge in [0.15, 0.2) is 0 Å². The predicted molar refractivity (Wildman–Crippen MR) is 66.7 cm³/mol. The maximum absolute atomic E-state index is 4.33. The smallest absolute Gasteiger partial charge is 0.125 e. The maximum atomic E-state index is 4.33. The van der Waals surface area contributed by atoms with E-state index in [9.17, 15) is 0 Å². The number of hydrogen-bond donors (Lipinski definition) is 1. The molecule has 0 atom stereocenters. The number of aromatic nitrogens is 4. The van der Waals surface area contributed by atoms with Crippen LogP contribution in [-0.2, 0) is 6.54 Å². The van der Waals surface area contributed by atoms with Gasteiger partial charge in [-0.2, -0.15) is 5.10 Å². The van der Waals surface area contributed by atoms with Gasteiger partial charge < -0.3 is 5.32 Å². The Morgan fingerprint density at radius 1 is 1.41 bits per heavy atom. The molecule has 90 valence electrons. The van der Waals surface area contributed by atoms with Crippen LogP contribution < -0.4 is 5.32 Å². The summed E-state index contributed by atoms with van der Waals surface area (Å²) >= 11 is 0. The Morgan fingerprint density at radius 3 is 2.88 bits per heavy atom. The number of aryl methyl sites for hydroxylation is 1. The highest BCUT2D eigenvalue weighted by Crippen LogP contribution is 2.10. The minimum Gasteiger partial charge on any atom is -0.377 e. The molecule has 0 aromatic carbocycles. The molecule has 5 heteroatoms. The Balaban J connectivity index is 1.97. The molecular formula is C12H17N5. The molecule has 0 unspecified atom stereocenters. The molecule has 0 amide bonds. The Morgan fingerprint density at radius 2 is 2.24 bits per heavy atom. The topological polar surface area (TPSA) is 55.6 Å². The van der Waals surface area contributed by atoms with Gasteiger partial charge >= 0.3 is 0 Å². The number of hydrogen-bond acceptors (Lipinski definition) is 4. The summed E-state index contributed by atoms with van der Waals surface area (Å²) in [6.07, 6.45) is 5.60. The fourth-order valence-electron chi connectivity index (χ4n) is 1.51. The van der Waals surface area contributed by atoms with Crippen LogP contribution in [0, 0.1) is 6.92 Å². The molecule has 0 aliphatic rings. The van der Waals surface area contributed by atoms with Crippen molar-refractivity contribution in [1.82, 2.24) is 19.7 Å². The molecule has 0 fully saturated rings. The van der Waals surface area contributed by atoms with E-state index in [2.05, 4.69) is 34.2 Å². The van der Waals surface area contributed by atoms with Crippen molar-refractivity contribution in [1.29, 1.82) is 0 Å². The van der Waals surface area contributed by atoms with E-state index in [0.29, 0.717) is 12.6 Å². The van der Waals surface area contributed by atoms with E-state index in [1.807, 2.05) is 30.1 Å². The molecule has 2 heterocycles. The zero-order chi connectivity index (χ0) is 12.3. The first-order chi connectivity index (χ1) is 8.15. The van der Waals surface area contributed by atoms with Crippen molar-refractivity contribution >= 4 is 5.69 Å². The third kappa shape index (κ3) is 3.03. The summed E-state index contributed by atoms with van der Waals surface area (Å²) in [5.41, 5.74) is 1.99. The number of nitrogens with zero attached hydrogens (tertiary/aromatic N) is 4. The summed E-state index contributed by atoms with van der Waals surface area (Å²) < 4.78 is 1.92. The average molecular weight is 231 g/mol. The van der Waals surface area contributed by atoms with Gasteiger partial charge in [-0.1, -0.05) is 0 Å². The first-order valence-corrected chi connectivity index (χ1v) is 5.71. The normalized spacial score (nSPS) is 10.8. The summed E-state index contributed by atoms with van der Waals surface area (Å²) in [4.78, 5) is 8.40. The van der Waals surface area contributed by atoms with Crippen molar-refractivity contribution in [2.45, 2.75) is 33.4 Å². The largest absolute Gasteiger partial charge is 0.377 e. The Labute approximate surface area is 101 Å². The SMILES string of the molecule is Cc1nccc(CNc2cnn(C(C)C)c2)n1. The Hall–Kier alpha value is -1.91. The molecule has 0 aliphatic carbocycles. The predicted octanol–water partition coefficient (Wildman–Crippen LogP) is 2.17. The third-order valence-electron chi connectivity index (χ3n) is 2.44. The molecular weight excluding hydrogens is 214 g/mol. The lowest BCUT2D eigenvalue weighted by molar-refractivity contribution is 0.532. The fraction of sp³-hybridized carbons (Fsp3) is 0.417. The molecule has 2 aromatic rings. The number of anilines is 1. The summed E-state index contributed by atoms with van der Waals surface area (Å²) in [5, 5.41) is 7.56. The lowest BCUT2D eigenvalue weighted by Crippen LogP contribution is -2.03. The summed E-state index contributed by atoms with van der Waals surface area (Å²) in [5.74, 6) is 0.794. The van der Waals surface area contributed by atoms with Gasteiger partial charge in [0, 0.05) is 18.4 Å². The van der Waals surface area contributed by atoms with Crippen molar-refractivity contribution in [2.24, 2.45) is 0 Å². The van der Waals surface area contributed by atoms with E-state index in [0.717, 1.165) is 17.2 Å². The van der Waals surface area contributed by atoms with Crippen LogP contribution in [0.4, 0.5) is 5.69 Å². The van der Waals surface area contributed by atoms with E-state index in [4.69, 9.17) is 0 Å². The number of nitrogens with one attached hydrogen (secondary N) is 1. The van der Waals surface area contributed by atoms with E-state index >= 15 is 0 Å². The standard InChI is InChI=1S/C12H17N5/c1-9(2)17-8-12(7-15-17)14-6-11-4-5-13-10(3)16-11/h4-5,7-9,14H,6H2,1-3H3. The van der Waals surface area contributed by atoms with Gasteiger partial charge in [0.05, 0.1) is 24.1 Å². The molecule has 0 saturated heterocycles. The Bertz CT molecular complexity index is 489. The molecule has 0 bridgehead atoms. The van der Waals surface area contributed by atoms with E-state index in [1.54, 1.807) is 6.20 Å². The quantitative estimate of drug-likeness (QED) is 0.876. The minimum atomic E-state index is 0.381. The van der Waals surface area contributed by atoms with Crippen LogP contribution in [0.2, 0.25) is 0 Å². The van der Waals surface area contributed by atoms with Crippen LogP contribution in [0.5, 0.6) is 0 Å². The minimum absolute atomic E-state index is 0.381. The van der Waals surface area contributed by atoms with Crippen molar-refractivity contribution in [2.75, 3.05) is 5.32 Å². The second-order valence-electron chi connectivity index (χ2n) is 4.25. The highest BCUT2D eigenvalue weighted by molar-refractivity contribution is 5.38. The molecule has 2 rings (SSSR count). The Kier molecular flexibility index (Phi) is 3.37. The second kappa shape index (κ2) is 4.95. The van der Waals surface area contributed by atoms with Crippen LogP contribution in [0.1, 0.15) is 31.4 Å². The number of rotatable bonds is 4. The van der Waals surface area contributed by atoms with Crippen LogP contribution in [0.15, 0.2) is 24.7 Å². The molecule has 2 aromatic heterocycles. The summed E-state index contributed by atoms with van der Waals surface area (Å²) in [7, 11) is 0. The van der Waals surface area contributed by atoms with Gasteiger partial charge in [-0.15, -0.1) is 0 Å². The lowest BCUT2D eigenvalue weighted by atomic mass is 10.4. The third-order valence-corrected chi connectivity index (χ3v) is 2.44. The van der Waals surface area contributed by atoms with E-state index in [-0.39, 0.29) is 0 Å². The first-order valence-electron chi connectivity index (χ1n) is 5.71. The molecule has 0 aliphatic heterocycles. The zero-order valence-corrected chi connectivity index (χ0v) is 10.4. The highest BCUT2D eigenvalue weighted by Gasteiger charge is 2.01. The van der Waals surface area contributed by atoms with E-state index in [1.165, 1.54) is 0 Å². The highest BCUT2D eigenvalue weighted by atomic mass is 15.3. The second-order valence-corrected chi connectivity index (χ2v) is 4.25. The average Bonchev–Trinajstić information content (AvgIpc) is 2.75. The molecule has 0 spiro atoms. The van der Waals surface area contributed by atoms with Gasteiger partial charge in [-0.05, 0) is 26.8 Å². The van der Waals surface area contributed by atoms with Crippen molar-refractivity contribution in [3.63, 3.8) is 0 Å². The monoisotopic (exact) mass is 231 g/mol. The van der Waals surface area contributed by atoms with Gasteiger partial charge in [-0.3, -0.25) is 4.68 Å². The van der Waals surface area contributed by atoms with Gasteiger partial charge in [0.2, 0.25) is 0 Å². The summed E-state index contributed by atoms with van der Waals surface area (Å²) in [6.45, 7) is 6.78. The molecule has 0 radical (unpaired) electrons. The fourth-order valence-corrected chi connectivity index (χ4v) is 1.51. The van der Waals surface area contributed by atoms with Gasteiger partial charge in [0.25, 0.3) is 0 Å². The van der Waals surface area contributed by atoms with Crippen molar-refractivity contribution < 1.29 is 0 Å². The van der Waals surface area contributed by atoms with Crippen LogP contribution in [0.3, 0.4) is 0 Å². The molecule has 1 N–H and O–H groups in total. The molecule has 17 heavy (non-hydrogen) atoms. The van der Waals surface area contributed by atoms with Crippen molar-refractivity contribution in [3.8, 4) is 0 Å². The van der Waals surface area contributed by atoms with Crippen molar-refractivity contribution in [3.05, 3.63) is 36.2 Å². The van der Waals surface area contributed by atoms with Crippen LogP contribution >= 0.6 is 0 Å². The molecule has 5 nitrogen and oxygen atoms in total. The van der Waals surface area contributed by atoms with Gasteiger partial charge in [-0.25, -0.2) is 9.97 Å². The maximum Gasteiger partial charge on any atom is 0.125 e. The summed E-state index contributed by atoms with van der Waals surface area (Å²) in [6, 6.07) is 2.29. The zero-order valence-electron chi connectivity index (χ0n) is 10.4. The lowest BCUT2D eigenvalue weighted by Gasteiger charge is -2.04.